The predicted octanol–water partition coefficient (Wildman–Crippen LogP) is 8.72. The summed E-state index contributed by atoms with van der Waals surface area (Å²) in [5.41, 5.74) is 0.681. The molecule has 0 saturated heterocycles. The maximum Gasteiger partial charge on any atom is -0.00492 e. The highest BCUT2D eigenvalue weighted by Gasteiger charge is 2.49. The molecule has 7 atom stereocenters. The third-order valence-corrected chi connectivity index (χ3v) is 8.75. The standard InChI is InChI=1S/C23H43N.C3H8.C2H6/c1-17-12-14-23(3)21(16-17)10-9-20-7-5-6-19(13-15-24-4)18(2)8-11-22(20)23;1-3-2;1-2/h17-22,24H,5-16H2,1-4H3;3H2,1-2H3;1-2H3. The van der Waals surface area contributed by atoms with E-state index in [1.165, 1.54) is 70.8 Å². The molecule has 3 aliphatic rings. The highest BCUT2D eigenvalue weighted by atomic mass is 14.8. The van der Waals surface area contributed by atoms with Gasteiger partial charge in [-0.1, -0.05) is 87.0 Å². The highest BCUT2D eigenvalue weighted by Crippen LogP contribution is 2.59. The number of fused-ring (bicyclic) bond motifs is 3. The second kappa shape index (κ2) is 14.1. The van der Waals surface area contributed by atoms with Crippen LogP contribution in [0.25, 0.3) is 0 Å². The molecular weight excluding hydrogens is 350 g/mol. The van der Waals surface area contributed by atoms with Gasteiger partial charge in [-0.05, 0) is 93.0 Å². The lowest BCUT2D eigenvalue weighted by molar-refractivity contribution is -0.0551. The lowest BCUT2D eigenvalue weighted by Crippen LogP contribution is -2.46. The Hall–Kier alpha value is -0.0400. The van der Waals surface area contributed by atoms with Crippen molar-refractivity contribution < 1.29 is 0 Å². The van der Waals surface area contributed by atoms with Gasteiger partial charge in [0.2, 0.25) is 0 Å². The van der Waals surface area contributed by atoms with Crippen molar-refractivity contribution in [3.8, 4) is 0 Å². The molecule has 174 valence electrons. The van der Waals surface area contributed by atoms with Gasteiger partial charge in [0.1, 0.15) is 0 Å². The largest absolute Gasteiger partial charge is 0.320 e. The van der Waals surface area contributed by atoms with Crippen LogP contribution in [-0.4, -0.2) is 13.6 Å². The molecule has 0 amide bonds. The monoisotopic (exact) mass is 407 g/mol. The first-order chi connectivity index (χ1) is 14.0. The molecule has 0 heterocycles. The smallest absolute Gasteiger partial charge is 0.00492 e. The van der Waals surface area contributed by atoms with Crippen molar-refractivity contribution in [1.82, 2.24) is 5.32 Å². The Morgan fingerprint density at radius 3 is 2.24 bits per heavy atom. The second-order valence-electron chi connectivity index (χ2n) is 10.9. The summed E-state index contributed by atoms with van der Waals surface area (Å²) in [6.07, 6.45) is 17.8. The summed E-state index contributed by atoms with van der Waals surface area (Å²) in [6.45, 7) is 17.2. The Kier molecular flexibility index (Phi) is 13.1. The van der Waals surface area contributed by atoms with E-state index in [2.05, 4.69) is 47.0 Å². The molecule has 3 saturated carbocycles. The maximum absolute atomic E-state index is 3.38. The molecule has 0 aromatic rings. The molecule has 3 fully saturated rings. The molecule has 3 rings (SSSR count). The first kappa shape index (κ1) is 27.0. The van der Waals surface area contributed by atoms with Crippen molar-refractivity contribution in [3.63, 3.8) is 0 Å². The van der Waals surface area contributed by atoms with Crippen LogP contribution < -0.4 is 5.32 Å². The SMILES string of the molecule is CC.CCC.CNCCC1CCCC2CCC3CC(C)CCC3(C)C2CCC1C. The molecule has 1 nitrogen and oxygen atoms in total. The van der Waals surface area contributed by atoms with Crippen molar-refractivity contribution in [1.29, 1.82) is 0 Å². The van der Waals surface area contributed by atoms with Crippen LogP contribution in [0.5, 0.6) is 0 Å². The quantitative estimate of drug-likeness (QED) is 0.493. The summed E-state index contributed by atoms with van der Waals surface area (Å²) >= 11 is 0. The summed E-state index contributed by atoms with van der Waals surface area (Å²) in [4.78, 5) is 0. The van der Waals surface area contributed by atoms with Crippen LogP contribution in [0, 0.1) is 40.9 Å². The minimum absolute atomic E-state index is 0.681. The lowest BCUT2D eigenvalue weighted by Gasteiger charge is -2.55. The molecule has 0 aliphatic heterocycles. The van der Waals surface area contributed by atoms with Crippen molar-refractivity contribution in [2.45, 2.75) is 126 Å². The second-order valence-corrected chi connectivity index (χ2v) is 10.9. The summed E-state index contributed by atoms with van der Waals surface area (Å²) in [5, 5.41) is 3.38. The molecule has 3 aliphatic carbocycles. The molecule has 1 N–H and O–H groups in total. The molecule has 1 heteroatoms. The van der Waals surface area contributed by atoms with E-state index in [4.69, 9.17) is 0 Å². The zero-order valence-corrected chi connectivity index (χ0v) is 21.7. The van der Waals surface area contributed by atoms with Crippen LogP contribution in [0.4, 0.5) is 0 Å². The number of hydrogen-bond donors (Lipinski definition) is 1. The fourth-order valence-corrected chi connectivity index (χ4v) is 7.00. The molecule has 0 spiro atoms. The van der Waals surface area contributed by atoms with E-state index >= 15 is 0 Å². The summed E-state index contributed by atoms with van der Waals surface area (Å²) in [5.74, 6) is 6.01. The van der Waals surface area contributed by atoms with Gasteiger partial charge < -0.3 is 5.32 Å². The average molecular weight is 408 g/mol. The normalized spacial score (nSPS) is 39.7. The van der Waals surface area contributed by atoms with Crippen LogP contribution in [0.15, 0.2) is 0 Å². The fraction of sp³-hybridized carbons (Fsp3) is 1.00. The Morgan fingerprint density at radius 1 is 0.897 bits per heavy atom. The topological polar surface area (TPSA) is 12.0 Å². The van der Waals surface area contributed by atoms with Crippen LogP contribution >= 0.6 is 0 Å². The fourth-order valence-electron chi connectivity index (χ4n) is 7.00. The van der Waals surface area contributed by atoms with Crippen LogP contribution in [0.2, 0.25) is 0 Å². The molecule has 7 unspecified atom stereocenters. The van der Waals surface area contributed by atoms with E-state index < -0.39 is 0 Å². The molecule has 0 aromatic heterocycles. The van der Waals surface area contributed by atoms with Crippen LogP contribution in [-0.2, 0) is 0 Å². The summed E-state index contributed by atoms with van der Waals surface area (Å²) < 4.78 is 0. The van der Waals surface area contributed by atoms with Gasteiger partial charge in [-0.3, -0.25) is 0 Å². The average Bonchev–Trinajstić information content (AvgIpc) is 2.79. The van der Waals surface area contributed by atoms with Crippen molar-refractivity contribution in [2.24, 2.45) is 40.9 Å². The minimum Gasteiger partial charge on any atom is -0.320 e. The zero-order chi connectivity index (χ0) is 21.9. The molecule has 0 bridgehead atoms. The number of nitrogens with one attached hydrogen (secondary N) is 1. The van der Waals surface area contributed by atoms with Gasteiger partial charge in [0, 0.05) is 0 Å². The minimum atomic E-state index is 0.681. The Labute approximate surface area is 185 Å². The third-order valence-electron chi connectivity index (χ3n) is 8.75. The van der Waals surface area contributed by atoms with E-state index in [-0.39, 0.29) is 0 Å². The Morgan fingerprint density at radius 2 is 1.59 bits per heavy atom. The van der Waals surface area contributed by atoms with E-state index in [9.17, 15) is 0 Å². The third kappa shape index (κ3) is 7.55. The number of rotatable bonds is 3. The summed E-state index contributed by atoms with van der Waals surface area (Å²) in [7, 11) is 2.11. The number of hydrogen-bond acceptors (Lipinski definition) is 1. The van der Waals surface area contributed by atoms with Gasteiger partial charge in [0.05, 0.1) is 0 Å². The van der Waals surface area contributed by atoms with Gasteiger partial charge in [-0.25, -0.2) is 0 Å². The molecule has 29 heavy (non-hydrogen) atoms. The summed E-state index contributed by atoms with van der Waals surface area (Å²) in [6, 6.07) is 0. The van der Waals surface area contributed by atoms with Crippen molar-refractivity contribution in [2.75, 3.05) is 13.6 Å². The van der Waals surface area contributed by atoms with Crippen molar-refractivity contribution in [3.05, 3.63) is 0 Å². The Balaban J connectivity index is 0.000000771. The van der Waals surface area contributed by atoms with E-state index in [0.717, 1.165) is 35.5 Å². The first-order valence-electron chi connectivity index (χ1n) is 13.6. The van der Waals surface area contributed by atoms with Crippen molar-refractivity contribution >= 4 is 0 Å². The van der Waals surface area contributed by atoms with E-state index in [1.807, 2.05) is 13.8 Å². The van der Waals surface area contributed by atoms with E-state index in [0.29, 0.717) is 5.41 Å². The molecule has 0 radical (unpaired) electrons. The predicted molar refractivity (Wildman–Crippen MR) is 132 cm³/mol. The first-order valence-corrected chi connectivity index (χ1v) is 13.6. The van der Waals surface area contributed by atoms with Gasteiger partial charge >= 0.3 is 0 Å². The Bertz CT molecular complexity index is 405. The van der Waals surface area contributed by atoms with Gasteiger partial charge in [0.15, 0.2) is 0 Å². The maximum atomic E-state index is 3.38. The zero-order valence-electron chi connectivity index (χ0n) is 21.7. The van der Waals surface area contributed by atoms with Gasteiger partial charge in [0.25, 0.3) is 0 Å². The highest BCUT2D eigenvalue weighted by molar-refractivity contribution is 4.99. The van der Waals surface area contributed by atoms with E-state index in [1.54, 1.807) is 12.8 Å². The van der Waals surface area contributed by atoms with Crippen LogP contribution in [0.3, 0.4) is 0 Å². The lowest BCUT2D eigenvalue weighted by atomic mass is 9.50. The van der Waals surface area contributed by atoms with Gasteiger partial charge in [-0.15, -0.1) is 0 Å². The van der Waals surface area contributed by atoms with Gasteiger partial charge in [-0.2, -0.15) is 0 Å². The molecule has 0 aromatic carbocycles. The van der Waals surface area contributed by atoms with Crippen LogP contribution in [0.1, 0.15) is 126 Å². The molecular formula is C28H57N.